The molecule has 0 aromatic heterocycles. The molecule has 0 aliphatic carbocycles. The molecule has 0 heterocycles. The molecule has 0 fully saturated rings. The summed E-state index contributed by atoms with van der Waals surface area (Å²) >= 11 is 5.00. The van der Waals surface area contributed by atoms with E-state index in [9.17, 15) is 14.9 Å². The van der Waals surface area contributed by atoms with Gasteiger partial charge in [-0.25, -0.2) is 0 Å². The van der Waals surface area contributed by atoms with E-state index in [2.05, 4.69) is 10.6 Å². The Balaban J connectivity index is 2.35. The molecule has 0 aliphatic rings. The van der Waals surface area contributed by atoms with Gasteiger partial charge in [-0.3, -0.25) is 14.9 Å². The van der Waals surface area contributed by atoms with Gasteiger partial charge in [-0.15, -0.1) is 0 Å². The van der Waals surface area contributed by atoms with E-state index >= 15 is 0 Å². The quantitative estimate of drug-likeness (QED) is 0.316. The average Bonchev–Trinajstić information content (AvgIpc) is 2.35. The van der Waals surface area contributed by atoms with Crippen molar-refractivity contribution in [3.05, 3.63) is 34.4 Å². The maximum absolute atomic E-state index is 10.5. The summed E-state index contributed by atoms with van der Waals surface area (Å²) in [5.41, 5.74) is 0.632. The summed E-state index contributed by atoms with van der Waals surface area (Å²) in [6, 6.07) is 5.83. The summed E-state index contributed by atoms with van der Waals surface area (Å²) in [4.78, 5) is 20.3. The smallest absolute Gasteiger partial charge is 0.303 e. The zero-order valence-corrected chi connectivity index (χ0v) is 10.8. The molecule has 1 rings (SSSR count). The van der Waals surface area contributed by atoms with Crippen LogP contribution in [-0.4, -0.2) is 27.7 Å². The van der Waals surface area contributed by atoms with Crippen LogP contribution in [0.4, 0.5) is 11.4 Å². The number of carbonyl (C=O) groups is 1. The Hall–Kier alpha value is -2.22. The van der Waals surface area contributed by atoms with E-state index in [-0.39, 0.29) is 12.1 Å². The van der Waals surface area contributed by atoms with E-state index in [4.69, 9.17) is 17.3 Å². The lowest BCUT2D eigenvalue weighted by molar-refractivity contribution is -0.384. The second kappa shape index (κ2) is 7.27. The number of anilines is 1. The second-order valence-electron chi connectivity index (χ2n) is 3.68. The fourth-order valence-corrected chi connectivity index (χ4v) is 1.50. The van der Waals surface area contributed by atoms with E-state index < -0.39 is 10.9 Å². The van der Waals surface area contributed by atoms with Crippen molar-refractivity contribution in [2.75, 3.05) is 11.9 Å². The zero-order chi connectivity index (χ0) is 14.3. The highest BCUT2D eigenvalue weighted by Crippen LogP contribution is 2.15. The molecule has 0 radical (unpaired) electrons. The molecule has 1 aromatic carbocycles. The average molecular weight is 283 g/mol. The Bertz CT molecular complexity index is 475. The van der Waals surface area contributed by atoms with Crippen LogP contribution in [-0.2, 0) is 4.79 Å². The predicted molar refractivity (Wildman–Crippen MR) is 74.2 cm³/mol. The number of nitro groups is 1. The first-order chi connectivity index (χ1) is 8.99. The van der Waals surface area contributed by atoms with Crippen LogP contribution < -0.4 is 10.6 Å². The van der Waals surface area contributed by atoms with Gasteiger partial charge < -0.3 is 15.7 Å². The number of nitro benzene ring substituents is 1. The summed E-state index contributed by atoms with van der Waals surface area (Å²) in [6.45, 7) is 0.450. The van der Waals surface area contributed by atoms with Gasteiger partial charge in [0.05, 0.1) is 4.92 Å². The summed E-state index contributed by atoms with van der Waals surface area (Å²) < 4.78 is 0. The molecule has 0 unspecified atom stereocenters. The minimum absolute atomic E-state index is 0.00545. The van der Waals surface area contributed by atoms with Crippen molar-refractivity contribution in [3.8, 4) is 0 Å². The number of thiocarbonyl (C=S) groups is 1. The van der Waals surface area contributed by atoms with Crippen molar-refractivity contribution < 1.29 is 14.8 Å². The van der Waals surface area contributed by atoms with E-state index in [1.807, 2.05) is 0 Å². The van der Waals surface area contributed by atoms with Gasteiger partial charge in [-0.2, -0.15) is 0 Å². The zero-order valence-electron chi connectivity index (χ0n) is 9.96. The van der Waals surface area contributed by atoms with Crippen LogP contribution in [0.5, 0.6) is 0 Å². The molecule has 7 nitrogen and oxygen atoms in total. The molecule has 8 heteroatoms. The number of rotatable bonds is 6. The maximum Gasteiger partial charge on any atom is 0.303 e. The Morgan fingerprint density at radius 1 is 1.37 bits per heavy atom. The summed E-state index contributed by atoms with van der Waals surface area (Å²) in [7, 11) is 0. The van der Waals surface area contributed by atoms with Gasteiger partial charge in [0.1, 0.15) is 0 Å². The van der Waals surface area contributed by atoms with Crippen molar-refractivity contribution in [1.82, 2.24) is 5.32 Å². The van der Waals surface area contributed by atoms with E-state index in [1.165, 1.54) is 12.1 Å². The van der Waals surface area contributed by atoms with Gasteiger partial charge in [-0.05, 0) is 30.8 Å². The Labute approximate surface area is 114 Å². The number of nitrogens with zero attached hydrogens (tertiary/aromatic N) is 1. The van der Waals surface area contributed by atoms with Crippen LogP contribution in [0.15, 0.2) is 24.3 Å². The highest BCUT2D eigenvalue weighted by molar-refractivity contribution is 7.80. The number of non-ortho nitro benzene ring substituents is 1. The number of aliphatic carboxylic acids is 1. The monoisotopic (exact) mass is 283 g/mol. The fourth-order valence-electron chi connectivity index (χ4n) is 1.28. The van der Waals surface area contributed by atoms with Gasteiger partial charge in [-0.1, -0.05) is 0 Å². The number of hydrogen-bond acceptors (Lipinski definition) is 4. The molecule has 0 saturated heterocycles. The van der Waals surface area contributed by atoms with Gasteiger partial charge in [0.15, 0.2) is 5.11 Å². The van der Waals surface area contributed by atoms with Crippen LogP contribution in [0, 0.1) is 10.1 Å². The largest absolute Gasteiger partial charge is 0.481 e. The molecule has 19 heavy (non-hydrogen) atoms. The standard InChI is InChI=1S/C11H13N3O4S/c15-10(16)2-1-7-12-11(19)13-8-3-5-9(6-4-8)14(17)18/h3-6H,1-2,7H2,(H,15,16)(H2,12,13,19). The van der Waals surface area contributed by atoms with Gasteiger partial charge in [0.2, 0.25) is 0 Å². The summed E-state index contributed by atoms with van der Waals surface area (Å²) in [5, 5.41) is 25.0. The van der Waals surface area contributed by atoms with Gasteiger partial charge in [0, 0.05) is 30.8 Å². The highest BCUT2D eigenvalue weighted by atomic mass is 32.1. The first-order valence-corrected chi connectivity index (χ1v) is 5.91. The third-order valence-corrected chi connectivity index (χ3v) is 2.44. The van der Waals surface area contributed by atoms with Crippen LogP contribution in [0.1, 0.15) is 12.8 Å². The predicted octanol–water partition coefficient (Wildman–Crippen LogP) is 1.75. The first-order valence-electron chi connectivity index (χ1n) is 5.50. The topological polar surface area (TPSA) is 104 Å². The van der Waals surface area contributed by atoms with Crippen LogP contribution >= 0.6 is 12.2 Å². The lowest BCUT2D eigenvalue weighted by Gasteiger charge is -2.09. The molecule has 1 aromatic rings. The number of carboxylic acids is 1. The van der Waals surface area contributed by atoms with Crippen LogP contribution in [0.3, 0.4) is 0 Å². The third-order valence-electron chi connectivity index (χ3n) is 2.19. The molecule has 0 atom stereocenters. The lowest BCUT2D eigenvalue weighted by Crippen LogP contribution is -2.29. The summed E-state index contributed by atoms with van der Waals surface area (Å²) in [6.07, 6.45) is 0.546. The number of nitrogens with one attached hydrogen (secondary N) is 2. The minimum atomic E-state index is -0.851. The normalized spacial score (nSPS) is 9.68. The number of benzene rings is 1. The Kier molecular flexibility index (Phi) is 5.68. The third kappa shape index (κ3) is 5.77. The molecule has 0 spiro atoms. The Morgan fingerprint density at radius 3 is 2.53 bits per heavy atom. The highest BCUT2D eigenvalue weighted by Gasteiger charge is 2.04. The van der Waals surface area contributed by atoms with E-state index in [1.54, 1.807) is 12.1 Å². The van der Waals surface area contributed by atoms with E-state index in [0.29, 0.717) is 23.8 Å². The molecule has 0 bridgehead atoms. The second-order valence-corrected chi connectivity index (χ2v) is 4.09. The summed E-state index contributed by atoms with van der Waals surface area (Å²) in [5.74, 6) is -0.851. The van der Waals surface area contributed by atoms with E-state index in [0.717, 1.165) is 0 Å². The molecule has 3 N–H and O–H groups in total. The lowest BCUT2D eigenvalue weighted by atomic mass is 10.3. The van der Waals surface area contributed by atoms with Crippen molar-refractivity contribution in [2.45, 2.75) is 12.8 Å². The molecule has 0 amide bonds. The SMILES string of the molecule is O=C(O)CCCNC(=S)Nc1ccc([N+](=O)[O-])cc1. The Morgan fingerprint density at radius 2 is 2.00 bits per heavy atom. The van der Waals surface area contributed by atoms with Gasteiger partial charge >= 0.3 is 5.97 Å². The molecular formula is C11H13N3O4S. The van der Waals surface area contributed by atoms with Crippen LogP contribution in [0.2, 0.25) is 0 Å². The van der Waals surface area contributed by atoms with Crippen molar-refractivity contribution in [3.63, 3.8) is 0 Å². The number of hydrogen-bond donors (Lipinski definition) is 3. The van der Waals surface area contributed by atoms with Gasteiger partial charge in [0.25, 0.3) is 5.69 Å². The number of carboxylic acid groups (broad SMARTS) is 1. The first kappa shape index (κ1) is 14.8. The van der Waals surface area contributed by atoms with Crippen LogP contribution in [0.25, 0.3) is 0 Å². The molecule has 0 aliphatic heterocycles. The molecule has 0 saturated carbocycles. The maximum atomic E-state index is 10.5. The van der Waals surface area contributed by atoms with Crippen molar-refractivity contribution >= 4 is 34.7 Å². The van der Waals surface area contributed by atoms with Crippen molar-refractivity contribution in [1.29, 1.82) is 0 Å². The fraction of sp³-hybridized carbons (Fsp3) is 0.273. The minimum Gasteiger partial charge on any atom is -0.481 e. The van der Waals surface area contributed by atoms with Crippen molar-refractivity contribution in [2.24, 2.45) is 0 Å². The molecular weight excluding hydrogens is 270 g/mol. The molecule has 102 valence electrons.